The third-order valence-electron chi connectivity index (χ3n) is 5.09. The molecule has 0 saturated carbocycles. The molecule has 0 amide bonds. The van der Waals surface area contributed by atoms with Crippen molar-refractivity contribution in [3.63, 3.8) is 0 Å². The molecule has 1 unspecified atom stereocenters. The summed E-state index contributed by atoms with van der Waals surface area (Å²) in [4.78, 5) is 2.27. The third kappa shape index (κ3) is 5.29. The van der Waals surface area contributed by atoms with Crippen molar-refractivity contribution in [2.24, 2.45) is 0 Å². The Morgan fingerprint density at radius 3 is 1.76 bits per heavy atom. The zero-order valence-electron chi connectivity index (χ0n) is 17.3. The maximum Gasteiger partial charge on any atom is 0.149 e. The van der Waals surface area contributed by atoms with E-state index in [0.29, 0.717) is 0 Å². The Labute approximate surface area is 179 Å². The normalized spacial score (nSPS) is 13.1. The third-order valence-corrected chi connectivity index (χ3v) is 5.49. The molecule has 2 nitrogen and oxygen atoms in total. The van der Waals surface area contributed by atoms with Gasteiger partial charge in [-0.05, 0) is 48.8 Å². The summed E-state index contributed by atoms with van der Waals surface area (Å²) in [6, 6.07) is 28.6. The highest BCUT2D eigenvalue weighted by molar-refractivity contribution is 6.53. The zero-order chi connectivity index (χ0) is 20.6. The van der Waals surface area contributed by atoms with Crippen LogP contribution in [0.15, 0.2) is 84.9 Å². The molecule has 0 spiro atoms. The number of nitrogens with zero attached hydrogens (tertiary/aromatic N) is 1. The van der Waals surface area contributed by atoms with Crippen molar-refractivity contribution < 1.29 is 4.74 Å². The smallest absolute Gasteiger partial charge is 0.149 e. The molecule has 0 fully saturated rings. The molecule has 0 radical (unpaired) electrons. The average Bonchev–Trinajstić information content (AvgIpc) is 2.77. The minimum atomic E-state index is 0.0351. The maximum atomic E-state index is 6.89. The number of halogens is 1. The molecule has 0 N–H and O–H groups in total. The summed E-state index contributed by atoms with van der Waals surface area (Å²) in [5.41, 5.74) is 4.17. The van der Waals surface area contributed by atoms with Gasteiger partial charge in [0.2, 0.25) is 0 Å². The Hall–Kier alpha value is -2.55. The molecule has 0 aromatic heterocycles. The molecular formula is C26H28ClNO. The molecule has 3 aromatic carbocycles. The Morgan fingerprint density at radius 2 is 1.24 bits per heavy atom. The van der Waals surface area contributed by atoms with E-state index in [1.54, 1.807) is 0 Å². The van der Waals surface area contributed by atoms with Crippen LogP contribution in [0.3, 0.4) is 0 Å². The predicted molar refractivity (Wildman–Crippen MR) is 124 cm³/mol. The van der Waals surface area contributed by atoms with Crippen LogP contribution in [-0.2, 0) is 0 Å². The topological polar surface area (TPSA) is 12.5 Å². The molecule has 0 heterocycles. The Morgan fingerprint density at radius 1 is 0.759 bits per heavy atom. The first kappa shape index (κ1) is 21.2. The minimum absolute atomic E-state index is 0.0351. The van der Waals surface area contributed by atoms with Crippen molar-refractivity contribution in [1.82, 2.24) is 4.90 Å². The lowest BCUT2D eigenvalue weighted by atomic mass is 9.95. The highest BCUT2D eigenvalue weighted by Gasteiger charge is 2.14. The van der Waals surface area contributed by atoms with Gasteiger partial charge in [0.25, 0.3) is 0 Å². The molecule has 29 heavy (non-hydrogen) atoms. The van der Waals surface area contributed by atoms with Crippen molar-refractivity contribution in [3.8, 4) is 5.75 Å². The van der Waals surface area contributed by atoms with Crippen molar-refractivity contribution in [2.75, 3.05) is 13.1 Å². The number of hydrogen-bond acceptors (Lipinski definition) is 2. The summed E-state index contributed by atoms with van der Waals surface area (Å²) in [5, 5.41) is 0.738. The van der Waals surface area contributed by atoms with E-state index in [4.69, 9.17) is 16.3 Å². The SMILES string of the molecule is CCN(CC)C(C)Oc1ccc(/C(=C(\Cl)c2ccccc2)c2ccccc2)cc1. The maximum absolute atomic E-state index is 6.89. The first-order chi connectivity index (χ1) is 14.1. The molecular weight excluding hydrogens is 378 g/mol. The summed E-state index contributed by atoms with van der Waals surface area (Å²) in [6.07, 6.45) is 0.0351. The molecule has 0 aliphatic rings. The van der Waals surface area contributed by atoms with E-state index in [9.17, 15) is 0 Å². The fourth-order valence-corrected chi connectivity index (χ4v) is 3.81. The molecule has 0 saturated heterocycles. The summed E-state index contributed by atoms with van der Waals surface area (Å²) in [6.45, 7) is 8.30. The standard InChI is InChI=1S/C26H28ClNO/c1-4-28(5-2)20(3)29-24-18-16-22(17-19-24)25(21-12-8-6-9-13-21)26(27)23-14-10-7-11-15-23/h6-20H,4-5H2,1-3H3/b26-25-. The molecule has 0 aliphatic carbocycles. The van der Waals surface area contributed by atoms with Gasteiger partial charge in [-0.1, -0.05) is 98.2 Å². The first-order valence-corrected chi connectivity index (χ1v) is 10.5. The van der Waals surface area contributed by atoms with Crippen LogP contribution in [0.4, 0.5) is 0 Å². The highest BCUT2D eigenvalue weighted by atomic mass is 35.5. The number of benzene rings is 3. The second-order valence-corrected chi connectivity index (χ2v) is 7.26. The Balaban J connectivity index is 1.96. The van der Waals surface area contributed by atoms with Crippen LogP contribution >= 0.6 is 11.6 Å². The highest BCUT2D eigenvalue weighted by Crippen LogP contribution is 2.35. The van der Waals surface area contributed by atoms with Crippen LogP contribution in [0.1, 0.15) is 37.5 Å². The van der Waals surface area contributed by atoms with Crippen LogP contribution < -0.4 is 4.74 Å². The fourth-order valence-electron chi connectivity index (χ4n) is 3.46. The van der Waals surface area contributed by atoms with Gasteiger partial charge in [-0.3, -0.25) is 4.90 Å². The van der Waals surface area contributed by atoms with Gasteiger partial charge in [-0.25, -0.2) is 0 Å². The van der Waals surface area contributed by atoms with E-state index in [1.807, 2.05) is 60.7 Å². The molecule has 150 valence electrons. The monoisotopic (exact) mass is 405 g/mol. The Bertz CT molecular complexity index is 916. The Kier molecular flexibility index (Phi) is 7.51. The lowest BCUT2D eigenvalue weighted by molar-refractivity contribution is 0.0481. The summed E-state index contributed by atoms with van der Waals surface area (Å²) in [5.74, 6) is 0.858. The van der Waals surface area contributed by atoms with E-state index >= 15 is 0 Å². The zero-order valence-corrected chi connectivity index (χ0v) is 18.1. The van der Waals surface area contributed by atoms with Gasteiger partial charge in [-0.15, -0.1) is 0 Å². The summed E-state index contributed by atoms with van der Waals surface area (Å²) in [7, 11) is 0. The van der Waals surface area contributed by atoms with Gasteiger partial charge in [0.15, 0.2) is 0 Å². The molecule has 3 rings (SSSR count). The summed E-state index contributed by atoms with van der Waals surface area (Å²) >= 11 is 6.89. The average molecular weight is 406 g/mol. The molecule has 0 bridgehead atoms. The van der Waals surface area contributed by atoms with Gasteiger partial charge in [0.05, 0.1) is 5.03 Å². The largest absolute Gasteiger partial charge is 0.475 e. The molecule has 3 heteroatoms. The van der Waals surface area contributed by atoms with E-state index in [0.717, 1.165) is 46.1 Å². The number of rotatable bonds is 8. The van der Waals surface area contributed by atoms with Gasteiger partial charge in [-0.2, -0.15) is 0 Å². The number of hydrogen-bond donors (Lipinski definition) is 0. The first-order valence-electron chi connectivity index (χ1n) is 10.2. The molecule has 1 atom stereocenters. The fraction of sp³-hybridized carbons (Fsp3) is 0.231. The van der Waals surface area contributed by atoms with Crippen LogP contribution in [0.2, 0.25) is 0 Å². The lowest BCUT2D eigenvalue weighted by Crippen LogP contribution is -2.36. The van der Waals surface area contributed by atoms with E-state index in [1.165, 1.54) is 0 Å². The van der Waals surface area contributed by atoms with Gasteiger partial charge in [0.1, 0.15) is 12.0 Å². The number of ether oxygens (including phenoxy) is 1. The van der Waals surface area contributed by atoms with Crippen molar-refractivity contribution >= 4 is 22.2 Å². The van der Waals surface area contributed by atoms with Crippen LogP contribution in [0, 0.1) is 0 Å². The molecule has 0 aliphatic heterocycles. The lowest BCUT2D eigenvalue weighted by Gasteiger charge is -2.27. The van der Waals surface area contributed by atoms with E-state index in [-0.39, 0.29) is 6.23 Å². The second-order valence-electron chi connectivity index (χ2n) is 6.88. The van der Waals surface area contributed by atoms with Crippen LogP contribution in [0.25, 0.3) is 10.6 Å². The predicted octanol–water partition coefficient (Wildman–Crippen LogP) is 6.91. The van der Waals surface area contributed by atoms with Crippen molar-refractivity contribution in [3.05, 3.63) is 102 Å². The van der Waals surface area contributed by atoms with Crippen LogP contribution in [0.5, 0.6) is 5.75 Å². The quantitative estimate of drug-likeness (QED) is 0.298. The van der Waals surface area contributed by atoms with Gasteiger partial charge >= 0.3 is 0 Å². The van der Waals surface area contributed by atoms with Crippen molar-refractivity contribution in [2.45, 2.75) is 27.0 Å². The minimum Gasteiger partial charge on any atom is -0.475 e. The van der Waals surface area contributed by atoms with Gasteiger partial charge in [0, 0.05) is 5.57 Å². The molecule has 3 aromatic rings. The van der Waals surface area contributed by atoms with Gasteiger partial charge < -0.3 is 4.74 Å². The van der Waals surface area contributed by atoms with E-state index < -0.39 is 0 Å². The van der Waals surface area contributed by atoms with Crippen molar-refractivity contribution in [1.29, 1.82) is 0 Å². The van der Waals surface area contributed by atoms with Crippen LogP contribution in [-0.4, -0.2) is 24.2 Å². The summed E-state index contributed by atoms with van der Waals surface area (Å²) < 4.78 is 6.12. The second kappa shape index (κ2) is 10.3. The van der Waals surface area contributed by atoms with E-state index in [2.05, 4.69) is 49.9 Å².